The zero-order valence-electron chi connectivity index (χ0n) is 29.0. The van der Waals surface area contributed by atoms with Crippen molar-refractivity contribution in [3.05, 3.63) is 187 Å². The summed E-state index contributed by atoms with van der Waals surface area (Å²) < 4.78 is 4.69. The maximum absolute atomic E-state index is 10.9. The van der Waals surface area contributed by atoms with Gasteiger partial charge in [0.15, 0.2) is 0 Å². The summed E-state index contributed by atoms with van der Waals surface area (Å²) in [6.45, 7) is 0. The molecule has 250 valence electrons. The predicted octanol–water partition coefficient (Wildman–Crippen LogP) is 12.0. The average Bonchev–Trinajstić information content (AvgIpc) is 3.76. The van der Waals surface area contributed by atoms with Crippen molar-refractivity contribution in [3.8, 4) is 57.2 Å². The number of benzene rings is 7. The van der Waals surface area contributed by atoms with E-state index in [1.165, 1.54) is 5.39 Å². The summed E-state index contributed by atoms with van der Waals surface area (Å²) in [4.78, 5) is 5.20. The maximum atomic E-state index is 10.9. The lowest BCUT2D eigenvalue weighted by Gasteiger charge is -2.16. The van der Waals surface area contributed by atoms with E-state index in [2.05, 4.69) is 124 Å². The van der Waals surface area contributed by atoms with Gasteiger partial charge in [-0.15, -0.1) is 0 Å². The molecule has 0 fully saturated rings. The third kappa shape index (κ3) is 4.67. The Balaban J connectivity index is 1.37. The largest absolute Gasteiger partial charge is 0.309 e. The van der Waals surface area contributed by atoms with Crippen LogP contribution in [0.25, 0.3) is 88.6 Å². The minimum Gasteiger partial charge on any atom is -0.309 e. The molecule has 0 unspecified atom stereocenters. The molecule has 5 nitrogen and oxygen atoms in total. The van der Waals surface area contributed by atoms with Gasteiger partial charge in [-0.2, -0.15) is 10.5 Å². The van der Waals surface area contributed by atoms with Gasteiger partial charge in [0.05, 0.1) is 44.6 Å². The lowest BCUT2D eigenvalue weighted by molar-refractivity contribution is 1.17. The van der Waals surface area contributed by atoms with Crippen LogP contribution >= 0.6 is 0 Å². The van der Waals surface area contributed by atoms with Gasteiger partial charge in [-0.05, 0) is 54.1 Å². The summed E-state index contributed by atoms with van der Waals surface area (Å²) in [7, 11) is 0. The highest BCUT2D eigenvalue weighted by Crippen LogP contribution is 2.44. The van der Waals surface area contributed by atoms with Gasteiger partial charge < -0.3 is 9.13 Å². The summed E-state index contributed by atoms with van der Waals surface area (Å²) in [6, 6.07) is 64.8. The Morgan fingerprint density at radius 2 is 0.926 bits per heavy atom. The fourth-order valence-corrected chi connectivity index (χ4v) is 8.12. The SMILES string of the molecule is N#Cc1c(-c2ccccc2)nc(-c2ccc3c(c2)c2c(ccc4c5ccccc5n(-c5ccccc5)c42)n3-c2ccccc2)c(C#N)c1-c1ccccc1. The van der Waals surface area contributed by atoms with Gasteiger partial charge in [-0.3, -0.25) is 0 Å². The predicted molar refractivity (Wildman–Crippen MR) is 219 cm³/mol. The standard InChI is InChI=1S/C49H29N5/c50-30-40-45(32-15-5-1-6-16-32)41(31-51)48(52-47(40)33-17-7-2-8-18-33)34-25-27-43-39(29-34)46-44(53(43)35-19-9-3-10-20-35)28-26-38-37-23-13-14-24-42(37)54(49(38)46)36-21-11-4-12-22-36/h1-29H. The van der Waals surface area contributed by atoms with E-state index < -0.39 is 0 Å². The molecule has 0 saturated carbocycles. The number of nitriles is 2. The normalized spacial score (nSPS) is 11.3. The van der Waals surface area contributed by atoms with Crippen molar-refractivity contribution in [2.24, 2.45) is 0 Å². The first-order valence-corrected chi connectivity index (χ1v) is 17.9. The summed E-state index contributed by atoms with van der Waals surface area (Å²) in [6.07, 6.45) is 0. The summed E-state index contributed by atoms with van der Waals surface area (Å²) >= 11 is 0. The second kappa shape index (κ2) is 12.5. The second-order valence-corrected chi connectivity index (χ2v) is 13.3. The third-order valence-electron chi connectivity index (χ3n) is 10.4. The number of hydrogen-bond acceptors (Lipinski definition) is 3. The van der Waals surface area contributed by atoms with E-state index in [1.807, 2.05) is 72.8 Å². The summed E-state index contributed by atoms with van der Waals surface area (Å²) in [5, 5.41) is 26.0. The van der Waals surface area contributed by atoms with Gasteiger partial charge in [0, 0.05) is 49.6 Å². The molecule has 3 aromatic heterocycles. The molecular formula is C49H29N5. The highest BCUT2D eigenvalue weighted by Gasteiger charge is 2.25. The van der Waals surface area contributed by atoms with Crippen LogP contribution in [0.2, 0.25) is 0 Å². The van der Waals surface area contributed by atoms with E-state index in [0.29, 0.717) is 28.1 Å². The van der Waals surface area contributed by atoms with Gasteiger partial charge in [-0.25, -0.2) is 4.98 Å². The summed E-state index contributed by atoms with van der Waals surface area (Å²) in [5.41, 5.74) is 11.3. The molecule has 0 aliphatic carbocycles. The van der Waals surface area contributed by atoms with Crippen molar-refractivity contribution in [3.63, 3.8) is 0 Å². The zero-order chi connectivity index (χ0) is 36.2. The molecule has 3 heterocycles. The summed E-state index contributed by atoms with van der Waals surface area (Å²) in [5.74, 6) is 0. The number of pyridine rings is 1. The smallest absolute Gasteiger partial charge is 0.102 e. The minimum atomic E-state index is 0.368. The molecule has 0 aliphatic rings. The Labute approximate surface area is 311 Å². The number of aromatic nitrogens is 3. The van der Waals surface area contributed by atoms with Gasteiger partial charge >= 0.3 is 0 Å². The second-order valence-electron chi connectivity index (χ2n) is 13.3. The number of para-hydroxylation sites is 3. The molecule has 0 spiro atoms. The highest BCUT2D eigenvalue weighted by atomic mass is 15.0. The van der Waals surface area contributed by atoms with E-state index in [-0.39, 0.29) is 0 Å². The van der Waals surface area contributed by atoms with Crippen LogP contribution in [0.15, 0.2) is 176 Å². The van der Waals surface area contributed by atoms with E-state index in [9.17, 15) is 10.5 Å². The lowest BCUT2D eigenvalue weighted by atomic mass is 9.89. The monoisotopic (exact) mass is 687 g/mol. The van der Waals surface area contributed by atoms with Gasteiger partial charge in [0.1, 0.15) is 12.1 Å². The molecule has 0 bridgehead atoms. The van der Waals surface area contributed by atoms with Crippen molar-refractivity contribution < 1.29 is 0 Å². The first-order chi connectivity index (χ1) is 26.7. The van der Waals surface area contributed by atoms with Crippen LogP contribution in [0, 0.1) is 22.7 Å². The molecule has 10 rings (SSSR count). The third-order valence-corrected chi connectivity index (χ3v) is 10.4. The van der Waals surface area contributed by atoms with E-state index in [1.54, 1.807) is 0 Å². The van der Waals surface area contributed by atoms with Crippen molar-refractivity contribution >= 4 is 43.6 Å². The lowest BCUT2D eigenvalue weighted by Crippen LogP contribution is -2.02. The molecule has 54 heavy (non-hydrogen) atoms. The van der Waals surface area contributed by atoms with Crippen molar-refractivity contribution in [1.82, 2.24) is 14.1 Å². The molecule has 7 aromatic carbocycles. The Morgan fingerprint density at radius 1 is 0.407 bits per heavy atom. The molecule has 0 N–H and O–H groups in total. The average molecular weight is 688 g/mol. The van der Waals surface area contributed by atoms with Crippen LogP contribution < -0.4 is 0 Å². The molecule has 5 heteroatoms. The fraction of sp³-hybridized carbons (Fsp3) is 0. The Bertz CT molecular complexity index is 3150. The minimum absolute atomic E-state index is 0.368. The molecule has 0 atom stereocenters. The van der Waals surface area contributed by atoms with Crippen molar-refractivity contribution in [2.45, 2.75) is 0 Å². The van der Waals surface area contributed by atoms with E-state index >= 15 is 0 Å². The first-order valence-electron chi connectivity index (χ1n) is 17.9. The number of rotatable bonds is 5. The highest BCUT2D eigenvalue weighted by molar-refractivity contribution is 6.26. The van der Waals surface area contributed by atoms with E-state index in [4.69, 9.17) is 4.98 Å². The van der Waals surface area contributed by atoms with Crippen LogP contribution in [0.5, 0.6) is 0 Å². The Kier molecular flexibility index (Phi) is 7.18. The van der Waals surface area contributed by atoms with Crippen LogP contribution in [0.3, 0.4) is 0 Å². The van der Waals surface area contributed by atoms with Crippen molar-refractivity contribution in [2.75, 3.05) is 0 Å². The number of nitrogens with zero attached hydrogens (tertiary/aromatic N) is 5. The zero-order valence-corrected chi connectivity index (χ0v) is 29.0. The fourth-order valence-electron chi connectivity index (χ4n) is 8.12. The Morgan fingerprint density at radius 3 is 1.57 bits per heavy atom. The van der Waals surface area contributed by atoms with Crippen LogP contribution in [0.4, 0.5) is 0 Å². The van der Waals surface area contributed by atoms with E-state index in [0.717, 1.165) is 66.3 Å². The molecule has 10 aromatic rings. The molecular weight excluding hydrogens is 659 g/mol. The van der Waals surface area contributed by atoms with Gasteiger partial charge in [0.2, 0.25) is 0 Å². The van der Waals surface area contributed by atoms with Crippen molar-refractivity contribution in [1.29, 1.82) is 10.5 Å². The molecule has 0 aliphatic heterocycles. The number of fused-ring (bicyclic) bond motifs is 7. The Hall–Kier alpha value is -7.73. The topological polar surface area (TPSA) is 70.3 Å². The molecule has 0 radical (unpaired) electrons. The number of hydrogen-bond donors (Lipinski definition) is 0. The molecule has 0 amide bonds. The molecule has 0 saturated heterocycles. The maximum Gasteiger partial charge on any atom is 0.102 e. The van der Waals surface area contributed by atoms with Crippen LogP contribution in [-0.4, -0.2) is 14.1 Å². The quantitative estimate of drug-likeness (QED) is 0.181. The van der Waals surface area contributed by atoms with Crippen LogP contribution in [0.1, 0.15) is 11.1 Å². The van der Waals surface area contributed by atoms with Gasteiger partial charge in [0.25, 0.3) is 0 Å². The first kappa shape index (κ1) is 31.0. The van der Waals surface area contributed by atoms with Crippen LogP contribution in [-0.2, 0) is 0 Å². The van der Waals surface area contributed by atoms with Gasteiger partial charge in [-0.1, -0.05) is 127 Å².